The molecule has 24 heavy (non-hydrogen) atoms. The van der Waals surface area contributed by atoms with Crippen molar-refractivity contribution in [1.29, 1.82) is 0 Å². The first kappa shape index (κ1) is 17.2. The minimum absolute atomic E-state index is 0.0515. The molecule has 1 aliphatic heterocycles. The molecule has 1 aliphatic rings. The summed E-state index contributed by atoms with van der Waals surface area (Å²) in [4.78, 5) is 15.7. The zero-order chi connectivity index (χ0) is 16.9. The number of thioether (sulfide) groups is 1. The molecule has 0 spiro atoms. The SMILES string of the molecule is Cc1ccc(CC(C)NC(=O)CSc2ccc3c(c2)OCCO3)s1. The van der Waals surface area contributed by atoms with Gasteiger partial charge in [0.25, 0.3) is 0 Å². The van der Waals surface area contributed by atoms with Crippen molar-refractivity contribution < 1.29 is 14.3 Å². The van der Waals surface area contributed by atoms with Crippen molar-refractivity contribution in [3.8, 4) is 11.5 Å². The molecular weight excluding hydrogens is 342 g/mol. The van der Waals surface area contributed by atoms with Gasteiger partial charge in [-0.3, -0.25) is 4.79 Å². The molecular formula is C18H21NO3S2. The second-order valence-corrected chi connectivity index (χ2v) is 8.20. The van der Waals surface area contributed by atoms with Gasteiger partial charge in [-0.25, -0.2) is 0 Å². The van der Waals surface area contributed by atoms with Gasteiger partial charge in [-0.05, 0) is 44.2 Å². The number of carbonyl (C=O) groups is 1. The van der Waals surface area contributed by atoms with Gasteiger partial charge in [0.05, 0.1) is 5.75 Å². The standard InChI is InChI=1S/C18H21NO3S2/c1-12(9-15-4-3-13(2)24-15)19-18(20)11-23-14-5-6-16-17(10-14)22-8-7-21-16/h3-6,10,12H,7-9,11H2,1-2H3,(H,19,20). The smallest absolute Gasteiger partial charge is 0.230 e. The van der Waals surface area contributed by atoms with Crippen LogP contribution in [0.15, 0.2) is 35.2 Å². The Labute approximate surface area is 150 Å². The monoisotopic (exact) mass is 363 g/mol. The lowest BCUT2D eigenvalue weighted by Crippen LogP contribution is -2.35. The van der Waals surface area contributed by atoms with Crippen LogP contribution in [0.25, 0.3) is 0 Å². The summed E-state index contributed by atoms with van der Waals surface area (Å²) >= 11 is 3.29. The fraction of sp³-hybridized carbons (Fsp3) is 0.389. The first-order chi connectivity index (χ1) is 11.6. The highest BCUT2D eigenvalue weighted by molar-refractivity contribution is 8.00. The lowest BCUT2D eigenvalue weighted by Gasteiger charge is -2.18. The Morgan fingerprint density at radius 3 is 2.79 bits per heavy atom. The zero-order valence-corrected chi connectivity index (χ0v) is 15.5. The molecule has 0 radical (unpaired) electrons. The van der Waals surface area contributed by atoms with Crippen molar-refractivity contribution in [2.75, 3.05) is 19.0 Å². The highest BCUT2D eigenvalue weighted by atomic mass is 32.2. The van der Waals surface area contributed by atoms with E-state index in [-0.39, 0.29) is 11.9 Å². The summed E-state index contributed by atoms with van der Waals surface area (Å²) in [7, 11) is 0. The summed E-state index contributed by atoms with van der Waals surface area (Å²) < 4.78 is 11.1. The number of amides is 1. The van der Waals surface area contributed by atoms with Gasteiger partial charge in [0.2, 0.25) is 5.91 Å². The van der Waals surface area contributed by atoms with Crippen LogP contribution in [0, 0.1) is 6.92 Å². The van der Waals surface area contributed by atoms with Gasteiger partial charge in [0.1, 0.15) is 13.2 Å². The molecule has 3 rings (SSSR count). The molecule has 1 amide bonds. The van der Waals surface area contributed by atoms with Gasteiger partial charge < -0.3 is 14.8 Å². The summed E-state index contributed by atoms with van der Waals surface area (Å²) in [5.74, 6) is 1.98. The maximum atomic E-state index is 12.1. The van der Waals surface area contributed by atoms with E-state index in [0.29, 0.717) is 19.0 Å². The summed E-state index contributed by atoms with van der Waals surface area (Å²) in [6, 6.07) is 10.2. The average Bonchev–Trinajstić information content (AvgIpc) is 2.97. The van der Waals surface area contributed by atoms with Crippen LogP contribution < -0.4 is 14.8 Å². The fourth-order valence-electron chi connectivity index (χ4n) is 2.53. The van der Waals surface area contributed by atoms with Gasteiger partial charge in [-0.15, -0.1) is 23.1 Å². The van der Waals surface area contributed by atoms with Crippen molar-refractivity contribution in [3.05, 3.63) is 40.1 Å². The first-order valence-corrected chi connectivity index (χ1v) is 9.77. The number of thiophene rings is 1. The second-order valence-electron chi connectivity index (χ2n) is 5.78. The van der Waals surface area contributed by atoms with Crippen LogP contribution in [0.3, 0.4) is 0 Å². The highest BCUT2D eigenvalue weighted by Gasteiger charge is 2.13. The molecule has 0 fully saturated rings. The average molecular weight is 364 g/mol. The number of rotatable bonds is 6. The molecule has 0 saturated heterocycles. The number of ether oxygens (including phenoxy) is 2. The van der Waals surface area contributed by atoms with E-state index >= 15 is 0 Å². The third-order valence-corrected chi connectivity index (χ3v) is 5.61. The van der Waals surface area contributed by atoms with Crippen LogP contribution in [-0.2, 0) is 11.2 Å². The Morgan fingerprint density at radius 2 is 2.04 bits per heavy atom. The van der Waals surface area contributed by atoms with E-state index in [1.54, 1.807) is 11.3 Å². The Hall–Kier alpha value is -1.66. The number of hydrogen-bond donors (Lipinski definition) is 1. The van der Waals surface area contributed by atoms with Crippen LogP contribution in [0.2, 0.25) is 0 Å². The van der Waals surface area contributed by atoms with Crippen molar-refractivity contribution >= 4 is 29.0 Å². The number of hydrogen-bond acceptors (Lipinski definition) is 5. The van der Waals surface area contributed by atoms with Crippen LogP contribution in [0.4, 0.5) is 0 Å². The summed E-state index contributed by atoms with van der Waals surface area (Å²) in [6.45, 7) is 5.30. The van der Waals surface area contributed by atoms with Crippen molar-refractivity contribution in [3.63, 3.8) is 0 Å². The number of carbonyl (C=O) groups excluding carboxylic acids is 1. The Kier molecular flexibility index (Phi) is 5.68. The van der Waals surface area contributed by atoms with Crippen LogP contribution in [0.1, 0.15) is 16.7 Å². The zero-order valence-electron chi connectivity index (χ0n) is 13.8. The normalized spacial score (nSPS) is 14.2. The fourth-order valence-corrected chi connectivity index (χ4v) is 4.28. The van der Waals surface area contributed by atoms with Crippen molar-refractivity contribution in [2.24, 2.45) is 0 Å². The molecule has 1 unspecified atom stereocenters. The lowest BCUT2D eigenvalue weighted by molar-refractivity contribution is -0.119. The van der Waals surface area contributed by atoms with E-state index in [2.05, 4.69) is 24.4 Å². The first-order valence-electron chi connectivity index (χ1n) is 7.97. The summed E-state index contributed by atoms with van der Waals surface area (Å²) in [5.41, 5.74) is 0. The number of benzene rings is 1. The Balaban J connectivity index is 1.46. The Bertz CT molecular complexity index is 714. The molecule has 1 aromatic carbocycles. The molecule has 0 saturated carbocycles. The van der Waals surface area contributed by atoms with Gasteiger partial charge in [-0.2, -0.15) is 0 Å². The molecule has 1 atom stereocenters. The largest absolute Gasteiger partial charge is 0.486 e. The van der Waals surface area contributed by atoms with Crippen molar-refractivity contribution in [1.82, 2.24) is 5.32 Å². The number of nitrogens with one attached hydrogen (secondary N) is 1. The molecule has 2 heterocycles. The Morgan fingerprint density at radius 1 is 1.25 bits per heavy atom. The number of fused-ring (bicyclic) bond motifs is 1. The predicted molar refractivity (Wildman–Crippen MR) is 98.5 cm³/mol. The van der Waals surface area contributed by atoms with E-state index in [1.165, 1.54) is 21.5 Å². The van der Waals surface area contributed by atoms with Crippen LogP contribution in [0.5, 0.6) is 11.5 Å². The summed E-state index contributed by atoms with van der Waals surface area (Å²) in [5, 5.41) is 3.06. The molecule has 4 nitrogen and oxygen atoms in total. The number of aryl methyl sites for hydroxylation is 1. The highest BCUT2D eigenvalue weighted by Crippen LogP contribution is 2.34. The van der Waals surface area contributed by atoms with E-state index in [9.17, 15) is 4.79 Å². The van der Waals surface area contributed by atoms with Gasteiger partial charge in [0.15, 0.2) is 11.5 Å². The molecule has 0 aliphatic carbocycles. The minimum atomic E-state index is 0.0515. The van der Waals surface area contributed by atoms with E-state index in [1.807, 2.05) is 25.1 Å². The molecule has 2 aromatic rings. The quantitative estimate of drug-likeness (QED) is 0.796. The molecule has 1 aromatic heterocycles. The third-order valence-electron chi connectivity index (χ3n) is 3.59. The van der Waals surface area contributed by atoms with Crippen molar-refractivity contribution in [2.45, 2.75) is 31.2 Å². The van der Waals surface area contributed by atoms with Crippen LogP contribution in [-0.4, -0.2) is 30.9 Å². The van der Waals surface area contributed by atoms with Gasteiger partial charge >= 0.3 is 0 Å². The second kappa shape index (κ2) is 7.94. The third kappa shape index (κ3) is 4.68. The minimum Gasteiger partial charge on any atom is -0.486 e. The maximum absolute atomic E-state index is 12.1. The molecule has 0 bridgehead atoms. The molecule has 6 heteroatoms. The van der Waals surface area contributed by atoms with Gasteiger partial charge in [0, 0.05) is 27.1 Å². The van der Waals surface area contributed by atoms with Gasteiger partial charge in [-0.1, -0.05) is 0 Å². The van der Waals surface area contributed by atoms with Crippen LogP contribution >= 0.6 is 23.1 Å². The lowest BCUT2D eigenvalue weighted by atomic mass is 10.2. The van der Waals surface area contributed by atoms with E-state index in [4.69, 9.17) is 9.47 Å². The predicted octanol–water partition coefficient (Wildman–Crippen LogP) is 3.67. The van der Waals surface area contributed by atoms with E-state index in [0.717, 1.165) is 22.8 Å². The summed E-state index contributed by atoms with van der Waals surface area (Å²) in [6.07, 6.45) is 0.874. The van der Waals surface area contributed by atoms with E-state index < -0.39 is 0 Å². The maximum Gasteiger partial charge on any atom is 0.230 e. The molecule has 128 valence electrons. The topological polar surface area (TPSA) is 47.6 Å². The molecule has 1 N–H and O–H groups in total.